The van der Waals surface area contributed by atoms with Crippen LogP contribution in [0.4, 0.5) is 0 Å². The first-order chi connectivity index (χ1) is 16.8. The van der Waals surface area contributed by atoms with Crippen LogP contribution in [0.3, 0.4) is 0 Å². The lowest BCUT2D eigenvalue weighted by atomic mass is 9.95. The number of nitrogens with zero attached hydrogens (tertiary/aromatic N) is 1. The fraction of sp³-hybridized carbons (Fsp3) is 0.417. The normalized spacial score (nSPS) is 14.2. The van der Waals surface area contributed by atoms with Gasteiger partial charge < -0.3 is 15.4 Å². The lowest BCUT2D eigenvalue weighted by molar-refractivity contribution is 0.0913. The zero-order valence-electron chi connectivity index (χ0n) is 19.6. The number of carbonyl (C=O) groups is 3. The number of ether oxygens (including phenoxy) is 1. The molecule has 0 unspecified atom stereocenters. The summed E-state index contributed by atoms with van der Waals surface area (Å²) in [6.45, 7) is 3.07. The Kier molecular flexibility index (Phi) is 9.32. The number of benzene rings is 1. The first-order valence-corrected chi connectivity index (χ1v) is 13.1. The highest BCUT2D eigenvalue weighted by atomic mass is 32.2. The highest BCUT2D eigenvalue weighted by Crippen LogP contribution is 2.18. The molecule has 2 aromatic rings. The van der Waals surface area contributed by atoms with Crippen molar-refractivity contribution in [2.75, 3.05) is 19.8 Å². The number of rotatable bonds is 10. The zero-order chi connectivity index (χ0) is 25.3. The van der Waals surface area contributed by atoms with E-state index in [4.69, 9.17) is 4.74 Å². The highest BCUT2D eigenvalue weighted by molar-refractivity contribution is 7.90. The smallest absolute Gasteiger partial charge is 0.269 e. The summed E-state index contributed by atoms with van der Waals surface area (Å²) in [6, 6.07) is 8.17. The first kappa shape index (κ1) is 26.3. The molecule has 0 aliphatic heterocycles. The average Bonchev–Trinajstić information content (AvgIpc) is 2.87. The Morgan fingerprint density at radius 2 is 1.63 bits per heavy atom. The number of hydrogen-bond acceptors (Lipinski definition) is 7. The number of aromatic nitrogens is 1. The van der Waals surface area contributed by atoms with Crippen LogP contribution in [0.2, 0.25) is 0 Å². The minimum Gasteiger partial charge on any atom is -0.380 e. The first-order valence-electron chi connectivity index (χ1n) is 11.6. The van der Waals surface area contributed by atoms with Crippen molar-refractivity contribution in [2.45, 2.75) is 50.0 Å². The zero-order valence-corrected chi connectivity index (χ0v) is 20.4. The number of carbonyl (C=O) groups excluding carboxylic acids is 3. The van der Waals surface area contributed by atoms with Gasteiger partial charge in [0.2, 0.25) is 0 Å². The predicted octanol–water partition coefficient (Wildman–Crippen LogP) is 2.03. The molecule has 1 aromatic heterocycles. The summed E-state index contributed by atoms with van der Waals surface area (Å²) in [5.41, 5.74) is 0.408. The molecule has 0 spiro atoms. The van der Waals surface area contributed by atoms with Crippen molar-refractivity contribution < 1.29 is 27.5 Å². The summed E-state index contributed by atoms with van der Waals surface area (Å²) in [7, 11) is -4.17. The Morgan fingerprint density at radius 1 is 0.943 bits per heavy atom. The second-order valence-electron chi connectivity index (χ2n) is 8.15. The largest absolute Gasteiger partial charge is 0.380 e. The van der Waals surface area contributed by atoms with E-state index in [2.05, 4.69) is 15.6 Å². The van der Waals surface area contributed by atoms with Gasteiger partial charge in [-0.3, -0.25) is 19.4 Å². The molecule has 3 N–H and O–H groups in total. The Balaban J connectivity index is 1.57. The molecule has 1 heterocycles. The standard InChI is InChI=1S/C24H30N4O6S/c1-2-34-15-14-25-24(31)21-13-10-18(16-26-21)23(30)28-35(32,33)20-11-8-17(9-12-20)22(29)27-19-6-4-3-5-7-19/h8-13,16,19H,2-7,14-15H2,1H3,(H,25,31)(H,27,29)(H,28,30). The third kappa shape index (κ3) is 7.59. The van der Waals surface area contributed by atoms with Crippen LogP contribution in [0.15, 0.2) is 47.5 Å². The number of pyridine rings is 1. The van der Waals surface area contributed by atoms with Crippen molar-refractivity contribution in [3.8, 4) is 0 Å². The topological polar surface area (TPSA) is 144 Å². The van der Waals surface area contributed by atoms with Gasteiger partial charge in [0.05, 0.1) is 17.1 Å². The van der Waals surface area contributed by atoms with E-state index in [0.29, 0.717) is 25.3 Å². The van der Waals surface area contributed by atoms with Crippen molar-refractivity contribution >= 4 is 27.7 Å². The Morgan fingerprint density at radius 3 is 2.26 bits per heavy atom. The van der Waals surface area contributed by atoms with Crippen LogP contribution in [0, 0.1) is 0 Å². The Bertz CT molecular complexity index is 1130. The van der Waals surface area contributed by atoms with E-state index in [-0.39, 0.29) is 28.1 Å². The summed E-state index contributed by atoms with van der Waals surface area (Å²) >= 11 is 0. The minimum absolute atomic E-state index is 0.0251. The highest BCUT2D eigenvalue weighted by Gasteiger charge is 2.21. The molecule has 3 amide bonds. The summed E-state index contributed by atoms with van der Waals surface area (Å²) in [5, 5.41) is 5.60. The van der Waals surface area contributed by atoms with E-state index in [1.54, 1.807) is 0 Å². The third-order valence-electron chi connectivity index (χ3n) is 5.59. The van der Waals surface area contributed by atoms with Gasteiger partial charge >= 0.3 is 0 Å². The molecule has 35 heavy (non-hydrogen) atoms. The lowest BCUT2D eigenvalue weighted by Gasteiger charge is -2.22. The van der Waals surface area contributed by atoms with Crippen LogP contribution >= 0.6 is 0 Å². The van der Waals surface area contributed by atoms with E-state index >= 15 is 0 Å². The van der Waals surface area contributed by atoms with Crippen LogP contribution in [0.5, 0.6) is 0 Å². The van der Waals surface area contributed by atoms with Gasteiger partial charge in [-0.25, -0.2) is 13.1 Å². The summed E-state index contributed by atoms with van der Waals surface area (Å²) in [4.78, 5) is 40.7. The van der Waals surface area contributed by atoms with Gasteiger partial charge in [-0.15, -0.1) is 0 Å². The molecule has 1 saturated carbocycles. The maximum atomic E-state index is 12.6. The van der Waals surface area contributed by atoms with Gasteiger partial charge in [0.25, 0.3) is 27.7 Å². The van der Waals surface area contributed by atoms with Crippen molar-refractivity contribution in [3.63, 3.8) is 0 Å². The summed E-state index contributed by atoms with van der Waals surface area (Å²) in [6.07, 6.45) is 6.36. The number of sulfonamides is 1. The van der Waals surface area contributed by atoms with Crippen LogP contribution in [0.25, 0.3) is 0 Å². The van der Waals surface area contributed by atoms with E-state index in [0.717, 1.165) is 31.9 Å². The van der Waals surface area contributed by atoms with E-state index in [9.17, 15) is 22.8 Å². The summed E-state index contributed by atoms with van der Waals surface area (Å²) in [5.74, 6) is -1.57. The Hall–Kier alpha value is -3.31. The number of nitrogens with one attached hydrogen (secondary N) is 3. The SMILES string of the molecule is CCOCCNC(=O)c1ccc(C(=O)NS(=O)(=O)c2ccc(C(=O)NC3CCCCC3)cc2)cn1. The molecule has 1 aliphatic rings. The molecular formula is C24H30N4O6S. The van der Waals surface area contributed by atoms with E-state index < -0.39 is 21.8 Å². The monoisotopic (exact) mass is 502 g/mol. The molecule has 0 atom stereocenters. The number of hydrogen-bond donors (Lipinski definition) is 3. The second kappa shape index (κ2) is 12.4. The van der Waals surface area contributed by atoms with Gasteiger partial charge in [-0.1, -0.05) is 19.3 Å². The molecule has 188 valence electrons. The molecular weight excluding hydrogens is 472 g/mol. The average molecular weight is 503 g/mol. The van der Waals surface area contributed by atoms with Gasteiger partial charge in [0.15, 0.2) is 0 Å². The fourth-order valence-corrected chi connectivity index (χ4v) is 4.65. The second-order valence-corrected chi connectivity index (χ2v) is 9.83. The molecule has 1 aromatic carbocycles. The predicted molar refractivity (Wildman–Crippen MR) is 128 cm³/mol. The molecule has 10 nitrogen and oxygen atoms in total. The molecule has 11 heteroatoms. The van der Waals surface area contributed by atoms with Gasteiger partial charge in [0, 0.05) is 31.0 Å². The fourth-order valence-electron chi connectivity index (χ4n) is 3.68. The minimum atomic E-state index is -4.17. The molecule has 0 bridgehead atoms. The third-order valence-corrected chi connectivity index (χ3v) is 6.94. The van der Waals surface area contributed by atoms with Crippen molar-refractivity contribution in [3.05, 3.63) is 59.4 Å². The Labute approximate surface area is 204 Å². The number of amides is 3. The van der Waals surface area contributed by atoms with Crippen LogP contribution in [-0.2, 0) is 14.8 Å². The maximum absolute atomic E-state index is 12.6. The summed E-state index contributed by atoms with van der Waals surface area (Å²) < 4.78 is 32.4. The molecule has 0 saturated heterocycles. The van der Waals surface area contributed by atoms with Gasteiger partial charge in [-0.05, 0) is 56.2 Å². The van der Waals surface area contributed by atoms with E-state index in [1.807, 2.05) is 11.6 Å². The van der Waals surface area contributed by atoms with Crippen molar-refractivity contribution in [2.24, 2.45) is 0 Å². The van der Waals surface area contributed by atoms with Gasteiger partial charge in [0.1, 0.15) is 5.69 Å². The van der Waals surface area contributed by atoms with Crippen LogP contribution < -0.4 is 15.4 Å². The van der Waals surface area contributed by atoms with Crippen molar-refractivity contribution in [1.82, 2.24) is 20.3 Å². The molecule has 1 fully saturated rings. The molecule has 0 radical (unpaired) electrons. The molecule has 1 aliphatic carbocycles. The van der Waals surface area contributed by atoms with E-state index in [1.165, 1.54) is 42.8 Å². The van der Waals surface area contributed by atoms with Crippen LogP contribution in [0.1, 0.15) is 70.2 Å². The lowest BCUT2D eigenvalue weighted by Crippen LogP contribution is -2.36. The maximum Gasteiger partial charge on any atom is 0.269 e. The van der Waals surface area contributed by atoms with Crippen molar-refractivity contribution in [1.29, 1.82) is 0 Å². The molecule has 3 rings (SSSR count). The van der Waals surface area contributed by atoms with Crippen LogP contribution in [-0.4, -0.2) is 56.9 Å². The quantitative estimate of drug-likeness (QED) is 0.422. The van der Waals surface area contributed by atoms with Gasteiger partial charge in [-0.2, -0.15) is 0 Å².